The van der Waals surface area contributed by atoms with Crippen molar-refractivity contribution in [3.05, 3.63) is 68.8 Å². The Kier molecular flexibility index (Phi) is 8.07. The highest BCUT2D eigenvalue weighted by molar-refractivity contribution is 5.62. The molecule has 0 amide bonds. The van der Waals surface area contributed by atoms with Gasteiger partial charge >= 0.3 is 0 Å². The molecule has 0 nitrogen and oxygen atoms in total. The van der Waals surface area contributed by atoms with Crippen LogP contribution in [-0.4, -0.2) is 0 Å². The van der Waals surface area contributed by atoms with E-state index in [2.05, 4.69) is 95.3 Å². The Bertz CT molecular complexity index is 1980. The van der Waals surface area contributed by atoms with Gasteiger partial charge in [-0.3, -0.25) is 0 Å². The van der Waals surface area contributed by atoms with E-state index in [1.165, 1.54) is 99.3 Å². The van der Waals surface area contributed by atoms with Gasteiger partial charge in [0, 0.05) is 33.4 Å². The summed E-state index contributed by atoms with van der Waals surface area (Å²) in [7, 11) is 0. The average Bonchev–Trinajstić information content (AvgIpc) is 3.06. The van der Waals surface area contributed by atoms with Gasteiger partial charge in [0.2, 0.25) is 0 Å². The Morgan fingerprint density at radius 3 is 1.08 bits per heavy atom. The minimum Gasteiger partial charge on any atom is -0.101 e. The van der Waals surface area contributed by atoms with Crippen LogP contribution in [0.15, 0.2) is 24.3 Å². The zero-order valence-corrected chi connectivity index (χ0v) is 31.1. The highest BCUT2D eigenvalue weighted by Crippen LogP contribution is 2.79. The molecule has 2 aromatic rings. The molecule has 250 valence electrons. The van der Waals surface area contributed by atoms with Crippen molar-refractivity contribution in [2.45, 2.75) is 129 Å². The predicted octanol–water partition coefficient (Wildman–Crippen LogP) is 10.3. The number of hydrogen-bond acceptors (Lipinski definition) is 0. The summed E-state index contributed by atoms with van der Waals surface area (Å²) in [6.07, 6.45) is 16.3. The largest absolute Gasteiger partial charge is 0.101 e. The maximum atomic E-state index is 3.61. The lowest BCUT2D eigenvalue weighted by molar-refractivity contribution is -0.212. The summed E-state index contributed by atoms with van der Waals surface area (Å²) < 4.78 is 0. The lowest BCUT2D eigenvalue weighted by Crippen LogP contribution is -2.66. The van der Waals surface area contributed by atoms with Gasteiger partial charge in [-0.15, -0.1) is 35.5 Å². The van der Waals surface area contributed by atoms with Crippen LogP contribution in [0.3, 0.4) is 0 Å². The standard InChI is InChI=1S/C50H50/c1-7-13-35-21-41(15-9-3)43(17-11-5)45(23-35)47-25-37-19-38(26-47)30-49(29-37,33-47)50-31-39-20-40(32-50)28-48(27-39,34-50)46-24-36(14-8-2)22-42(16-10-4)44(46)18-12-6/h21-24,37-40H,19-20,25-34H2,1-6H3. The molecule has 8 saturated carbocycles. The summed E-state index contributed by atoms with van der Waals surface area (Å²) in [6.45, 7) is 11.8. The van der Waals surface area contributed by atoms with E-state index in [4.69, 9.17) is 0 Å². The van der Waals surface area contributed by atoms with Crippen LogP contribution in [-0.2, 0) is 10.8 Å². The fraction of sp³-hybridized carbons (Fsp3) is 0.520. The van der Waals surface area contributed by atoms with Gasteiger partial charge in [-0.2, -0.15) is 0 Å². The molecule has 2 aromatic carbocycles. The van der Waals surface area contributed by atoms with Crippen molar-refractivity contribution in [3.63, 3.8) is 0 Å². The first-order valence-electron chi connectivity index (χ1n) is 19.2. The summed E-state index contributed by atoms with van der Waals surface area (Å²) in [5, 5.41) is 0. The molecule has 0 heteroatoms. The molecular weight excluding hydrogens is 601 g/mol. The third kappa shape index (κ3) is 4.99. The van der Waals surface area contributed by atoms with Crippen LogP contribution in [0.4, 0.5) is 0 Å². The summed E-state index contributed by atoms with van der Waals surface area (Å²) in [4.78, 5) is 0. The van der Waals surface area contributed by atoms with E-state index in [-0.39, 0.29) is 10.8 Å². The molecule has 0 N–H and O–H groups in total. The second-order valence-corrected chi connectivity index (χ2v) is 17.2. The van der Waals surface area contributed by atoms with Crippen LogP contribution in [0.5, 0.6) is 0 Å². The van der Waals surface area contributed by atoms with Gasteiger partial charge < -0.3 is 0 Å². The van der Waals surface area contributed by atoms with Crippen molar-refractivity contribution in [1.29, 1.82) is 0 Å². The Morgan fingerprint density at radius 2 is 0.760 bits per heavy atom. The summed E-state index contributed by atoms with van der Waals surface area (Å²) in [5.41, 5.74) is 10.7. The van der Waals surface area contributed by atoms with Crippen molar-refractivity contribution >= 4 is 0 Å². The summed E-state index contributed by atoms with van der Waals surface area (Å²) >= 11 is 0. The van der Waals surface area contributed by atoms with Gasteiger partial charge in [-0.25, -0.2) is 0 Å². The highest BCUT2D eigenvalue weighted by atomic mass is 14.7. The quantitative estimate of drug-likeness (QED) is 0.290. The Labute approximate surface area is 302 Å². The third-order valence-corrected chi connectivity index (χ3v) is 14.2. The van der Waals surface area contributed by atoms with E-state index >= 15 is 0 Å². The zero-order chi connectivity index (χ0) is 34.7. The van der Waals surface area contributed by atoms with E-state index in [1.54, 1.807) is 0 Å². The zero-order valence-electron chi connectivity index (χ0n) is 31.1. The van der Waals surface area contributed by atoms with E-state index in [0.717, 1.165) is 45.9 Å². The Hall–Kier alpha value is -4.20. The van der Waals surface area contributed by atoms with Crippen LogP contribution < -0.4 is 0 Å². The number of benzene rings is 2. The van der Waals surface area contributed by atoms with E-state index in [1.807, 2.05) is 41.5 Å². The molecule has 8 fully saturated rings. The maximum Gasteiger partial charge on any atom is 0.0440 e. The first-order chi connectivity index (χ1) is 24.3. The van der Waals surface area contributed by atoms with E-state index < -0.39 is 0 Å². The summed E-state index contributed by atoms with van der Waals surface area (Å²) in [5.74, 6) is 43.6. The molecule has 0 heterocycles. The fourth-order valence-electron chi connectivity index (χ4n) is 13.9. The fourth-order valence-corrected chi connectivity index (χ4v) is 13.9. The minimum absolute atomic E-state index is 0.148. The monoisotopic (exact) mass is 650 g/mol. The van der Waals surface area contributed by atoms with Gasteiger partial charge in [-0.05, 0) is 199 Å². The van der Waals surface area contributed by atoms with Crippen LogP contribution >= 0.6 is 0 Å². The Balaban J connectivity index is 1.30. The average molecular weight is 651 g/mol. The molecule has 4 unspecified atom stereocenters. The van der Waals surface area contributed by atoms with Gasteiger partial charge in [0.15, 0.2) is 0 Å². The lowest BCUT2D eigenvalue weighted by atomic mass is 9.30. The first-order valence-corrected chi connectivity index (χ1v) is 19.2. The highest BCUT2D eigenvalue weighted by Gasteiger charge is 2.70. The van der Waals surface area contributed by atoms with E-state index in [9.17, 15) is 0 Å². The second kappa shape index (κ2) is 12.2. The van der Waals surface area contributed by atoms with Crippen LogP contribution in [0, 0.1) is 106 Å². The molecule has 10 rings (SSSR count). The van der Waals surface area contributed by atoms with Crippen molar-refractivity contribution in [3.8, 4) is 71.0 Å². The topological polar surface area (TPSA) is 0 Å². The molecule has 0 aliphatic heterocycles. The lowest BCUT2D eigenvalue weighted by Gasteiger charge is -2.74. The molecule has 50 heavy (non-hydrogen) atoms. The summed E-state index contributed by atoms with van der Waals surface area (Å²) in [6, 6.07) is 9.29. The molecular formula is C50H50. The van der Waals surface area contributed by atoms with Crippen LogP contribution in [0.25, 0.3) is 0 Å². The Morgan fingerprint density at radius 1 is 0.420 bits per heavy atom. The molecule has 8 bridgehead atoms. The maximum absolute atomic E-state index is 3.61. The minimum atomic E-state index is 0.148. The SMILES string of the molecule is CC#Cc1cc(C#CC)c(C#CC)c(C23CC4CC(C2)CC(C25CC6CC(CC(c7cc(C#CC)cc(C#CC)c7C#CC)(C6)C2)C5)(C4)C3)c1. The van der Waals surface area contributed by atoms with Gasteiger partial charge in [0.25, 0.3) is 0 Å². The predicted molar refractivity (Wildman–Crippen MR) is 206 cm³/mol. The molecule has 4 atom stereocenters. The normalized spacial score (nSPS) is 34.6. The second-order valence-electron chi connectivity index (χ2n) is 17.2. The van der Waals surface area contributed by atoms with Crippen molar-refractivity contribution in [1.82, 2.24) is 0 Å². The molecule has 0 saturated heterocycles. The third-order valence-electron chi connectivity index (χ3n) is 14.2. The molecule has 0 spiro atoms. The van der Waals surface area contributed by atoms with Crippen LogP contribution in [0.1, 0.15) is 163 Å². The van der Waals surface area contributed by atoms with Gasteiger partial charge in [0.05, 0.1) is 0 Å². The van der Waals surface area contributed by atoms with Crippen LogP contribution in [0.2, 0.25) is 0 Å². The molecule has 0 radical (unpaired) electrons. The smallest absolute Gasteiger partial charge is 0.0440 e. The first kappa shape index (κ1) is 33.0. The van der Waals surface area contributed by atoms with Gasteiger partial charge in [-0.1, -0.05) is 35.5 Å². The molecule has 0 aromatic heterocycles. The van der Waals surface area contributed by atoms with Gasteiger partial charge in [0.1, 0.15) is 0 Å². The van der Waals surface area contributed by atoms with Crippen molar-refractivity contribution < 1.29 is 0 Å². The van der Waals surface area contributed by atoms with Crippen molar-refractivity contribution in [2.24, 2.45) is 34.5 Å². The molecule has 8 aliphatic rings. The van der Waals surface area contributed by atoms with Crippen molar-refractivity contribution in [2.75, 3.05) is 0 Å². The number of rotatable bonds is 3. The molecule has 8 aliphatic carbocycles. The van der Waals surface area contributed by atoms with E-state index in [0.29, 0.717) is 10.8 Å². The number of hydrogen-bond donors (Lipinski definition) is 0.